The van der Waals surface area contributed by atoms with Gasteiger partial charge in [-0.3, -0.25) is 0 Å². The zero-order chi connectivity index (χ0) is 17.6. The van der Waals surface area contributed by atoms with Crippen LogP contribution in [0.5, 0.6) is 0 Å². The van der Waals surface area contributed by atoms with Gasteiger partial charge in [0.05, 0.1) is 0 Å². The van der Waals surface area contributed by atoms with Crippen LogP contribution >= 0.6 is 0 Å². The molecule has 2 N–H and O–H groups in total. The maximum absolute atomic E-state index is 13.7. The predicted molar refractivity (Wildman–Crippen MR) is 102 cm³/mol. The molecule has 2 aromatic rings. The van der Waals surface area contributed by atoms with Crippen molar-refractivity contribution in [2.75, 3.05) is 0 Å². The molecule has 1 aromatic carbocycles. The first-order chi connectivity index (χ1) is 11.9. The summed E-state index contributed by atoms with van der Waals surface area (Å²) in [7, 11) is 0. The minimum Gasteiger partial charge on any atom is -0.357 e. The molecule has 1 aromatic heterocycles. The van der Waals surface area contributed by atoms with Crippen LogP contribution in [0.4, 0.5) is 4.39 Å². The molecular formula is C22H31FN2. The number of nitrogens with one attached hydrogen (secondary N) is 2. The molecule has 0 spiro atoms. The zero-order valence-corrected chi connectivity index (χ0v) is 15.8. The van der Waals surface area contributed by atoms with Gasteiger partial charge in [-0.05, 0) is 80.0 Å². The van der Waals surface area contributed by atoms with Crippen LogP contribution < -0.4 is 5.32 Å². The van der Waals surface area contributed by atoms with E-state index in [2.05, 4.69) is 31.1 Å². The van der Waals surface area contributed by atoms with Gasteiger partial charge in [-0.25, -0.2) is 4.39 Å². The Balaban J connectivity index is 1.50. The van der Waals surface area contributed by atoms with Crippen LogP contribution in [0.25, 0.3) is 10.9 Å². The van der Waals surface area contributed by atoms with E-state index in [9.17, 15) is 4.39 Å². The van der Waals surface area contributed by atoms with Gasteiger partial charge in [-0.1, -0.05) is 20.8 Å². The number of fused-ring (bicyclic) bond motifs is 3. The Morgan fingerprint density at radius 2 is 1.84 bits per heavy atom. The summed E-state index contributed by atoms with van der Waals surface area (Å²) in [6, 6.07) is 6.16. The lowest BCUT2D eigenvalue weighted by Crippen LogP contribution is -2.39. The van der Waals surface area contributed by atoms with Crippen molar-refractivity contribution in [1.29, 1.82) is 0 Å². The van der Waals surface area contributed by atoms with Crippen LogP contribution in [-0.2, 0) is 6.42 Å². The molecule has 1 heterocycles. The Kier molecular flexibility index (Phi) is 4.39. The SMILES string of the molecule is CC(C)(C)C1CCC(NC2CCCc3c2[nH]c2ccc(F)cc32)CC1. The van der Waals surface area contributed by atoms with E-state index in [1.165, 1.54) is 49.8 Å². The van der Waals surface area contributed by atoms with Crippen molar-refractivity contribution in [3.8, 4) is 0 Å². The van der Waals surface area contributed by atoms with Gasteiger partial charge in [0.15, 0.2) is 0 Å². The molecule has 1 saturated carbocycles. The van der Waals surface area contributed by atoms with Crippen molar-refractivity contribution in [3.05, 3.63) is 35.3 Å². The minimum absolute atomic E-state index is 0.134. The van der Waals surface area contributed by atoms with Crippen molar-refractivity contribution in [2.24, 2.45) is 11.3 Å². The first-order valence-electron chi connectivity index (χ1n) is 9.98. The molecule has 25 heavy (non-hydrogen) atoms. The molecule has 0 radical (unpaired) electrons. The Morgan fingerprint density at radius 3 is 2.56 bits per heavy atom. The summed E-state index contributed by atoms with van der Waals surface area (Å²) < 4.78 is 13.7. The Bertz CT molecular complexity index is 747. The highest BCUT2D eigenvalue weighted by molar-refractivity contribution is 5.85. The summed E-state index contributed by atoms with van der Waals surface area (Å²) in [5.74, 6) is 0.716. The molecule has 136 valence electrons. The lowest BCUT2D eigenvalue weighted by Gasteiger charge is -2.39. The predicted octanol–water partition coefficient (Wildman–Crippen LogP) is 5.88. The van der Waals surface area contributed by atoms with Crippen LogP contribution in [0.15, 0.2) is 18.2 Å². The summed E-state index contributed by atoms with van der Waals surface area (Å²) in [4.78, 5) is 3.59. The molecule has 3 heteroatoms. The second-order valence-electron chi connectivity index (χ2n) is 9.23. The first kappa shape index (κ1) is 17.1. The number of hydrogen-bond acceptors (Lipinski definition) is 1. The van der Waals surface area contributed by atoms with Crippen LogP contribution in [0.2, 0.25) is 0 Å². The zero-order valence-electron chi connectivity index (χ0n) is 15.8. The van der Waals surface area contributed by atoms with Crippen molar-refractivity contribution < 1.29 is 4.39 Å². The summed E-state index contributed by atoms with van der Waals surface area (Å²) in [6.45, 7) is 7.13. The standard InChI is InChI=1S/C22H31FN2/c1-22(2,3)14-7-10-16(11-8-14)24-20-6-4-5-17-18-13-15(23)9-12-19(18)25-21(17)20/h9,12-14,16,20,24-25H,4-8,10-11H2,1-3H3. The summed E-state index contributed by atoms with van der Waals surface area (Å²) in [6.07, 6.45) is 8.66. The number of rotatable bonds is 2. The average Bonchev–Trinajstić information content (AvgIpc) is 2.94. The van der Waals surface area contributed by atoms with Crippen molar-refractivity contribution in [1.82, 2.24) is 10.3 Å². The third-order valence-electron chi connectivity index (χ3n) is 6.56. The fraction of sp³-hybridized carbons (Fsp3) is 0.636. The molecule has 4 rings (SSSR count). The number of aromatic nitrogens is 1. The average molecular weight is 343 g/mol. The van der Waals surface area contributed by atoms with Gasteiger partial charge in [0.25, 0.3) is 0 Å². The van der Waals surface area contributed by atoms with E-state index in [1.807, 2.05) is 6.07 Å². The topological polar surface area (TPSA) is 27.8 Å². The second kappa shape index (κ2) is 6.42. The van der Waals surface area contributed by atoms with Gasteiger partial charge >= 0.3 is 0 Å². The van der Waals surface area contributed by atoms with Gasteiger partial charge in [0, 0.05) is 28.7 Å². The normalized spacial score (nSPS) is 27.4. The highest BCUT2D eigenvalue weighted by atomic mass is 19.1. The molecular weight excluding hydrogens is 311 g/mol. The lowest BCUT2D eigenvalue weighted by atomic mass is 9.71. The molecule has 2 aliphatic rings. The van der Waals surface area contributed by atoms with Crippen LogP contribution in [0.1, 0.15) is 76.6 Å². The van der Waals surface area contributed by atoms with E-state index in [-0.39, 0.29) is 5.82 Å². The number of H-pyrrole nitrogens is 1. The molecule has 0 aliphatic heterocycles. The van der Waals surface area contributed by atoms with Gasteiger partial charge in [-0.2, -0.15) is 0 Å². The molecule has 2 nitrogen and oxygen atoms in total. The highest BCUT2D eigenvalue weighted by Gasteiger charge is 2.32. The highest BCUT2D eigenvalue weighted by Crippen LogP contribution is 2.40. The Hall–Kier alpha value is -1.35. The molecule has 0 amide bonds. The monoisotopic (exact) mass is 342 g/mol. The van der Waals surface area contributed by atoms with Gasteiger partial charge < -0.3 is 10.3 Å². The molecule has 1 atom stereocenters. The van der Waals surface area contributed by atoms with E-state index in [0.29, 0.717) is 17.5 Å². The third kappa shape index (κ3) is 3.36. The number of aryl methyl sites for hydroxylation is 1. The quantitative estimate of drug-likeness (QED) is 0.701. The molecule has 0 bridgehead atoms. The second-order valence-corrected chi connectivity index (χ2v) is 9.23. The maximum atomic E-state index is 13.7. The van der Waals surface area contributed by atoms with Gasteiger partial charge in [-0.15, -0.1) is 0 Å². The van der Waals surface area contributed by atoms with E-state index in [4.69, 9.17) is 0 Å². The van der Waals surface area contributed by atoms with Crippen molar-refractivity contribution >= 4 is 10.9 Å². The van der Waals surface area contributed by atoms with Crippen LogP contribution in [-0.4, -0.2) is 11.0 Å². The molecule has 1 unspecified atom stereocenters. The van der Waals surface area contributed by atoms with E-state index in [0.717, 1.165) is 23.2 Å². The van der Waals surface area contributed by atoms with Crippen molar-refractivity contribution in [3.63, 3.8) is 0 Å². The van der Waals surface area contributed by atoms with E-state index in [1.54, 1.807) is 12.1 Å². The number of aromatic amines is 1. The number of halogens is 1. The fourth-order valence-electron chi connectivity index (χ4n) is 5.01. The van der Waals surface area contributed by atoms with Crippen LogP contribution in [0, 0.1) is 17.2 Å². The summed E-state index contributed by atoms with van der Waals surface area (Å²) in [5, 5.41) is 5.02. The van der Waals surface area contributed by atoms with E-state index < -0.39 is 0 Å². The third-order valence-corrected chi connectivity index (χ3v) is 6.56. The fourth-order valence-corrected chi connectivity index (χ4v) is 5.01. The van der Waals surface area contributed by atoms with Crippen LogP contribution in [0.3, 0.4) is 0 Å². The Labute approximate surface area is 150 Å². The minimum atomic E-state index is -0.134. The smallest absolute Gasteiger partial charge is 0.123 e. The first-order valence-corrected chi connectivity index (χ1v) is 9.98. The summed E-state index contributed by atoms with van der Waals surface area (Å²) in [5.41, 5.74) is 4.16. The molecule has 0 saturated heterocycles. The maximum Gasteiger partial charge on any atom is 0.123 e. The lowest BCUT2D eigenvalue weighted by molar-refractivity contribution is 0.154. The summed E-state index contributed by atoms with van der Waals surface area (Å²) >= 11 is 0. The number of benzene rings is 1. The van der Waals surface area contributed by atoms with Gasteiger partial charge in [0.2, 0.25) is 0 Å². The largest absolute Gasteiger partial charge is 0.357 e. The molecule has 2 aliphatic carbocycles. The van der Waals surface area contributed by atoms with Gasteiger partial charge in [0.1, 0.15) is 5.82 Å². The number of hydrogen-bond donors (Lipinski definition) is 2. The van der Waals surface area contributed by atoms with E-state index >= 15 is 0 Å². The molecule has 1 fully saturated rings. The van der Waals surface area contributed by atoms with Crippen molar-refractivity contribution in [2.45, 2.75) is 77.8 Å². The Morgan fingerprint density at radius 1 is 1.08 bits per heavy atom.